The van der Waals surface area contributed by atoms with E-state index in [1.807, 2.05) is 6.92 Å². The number of nitrogen functional groups attached to an aromatic ring is 1. The van der Waals surface area contributed by atoms with E-state index in [2.05, 4.69) is 4.72 Å². The van der Waals surface area contributed by atoms with Crippen LogP contribution >= 0.6 is 11.8 Å². The molecule has 8 nitrogen and oxygen atoms in total. The van der Waals surface area contributed by atoms with Crippen LogP contribution in [0.4, 0.5) is 11.4 Å². The van der Waals surface area contributed by atoms with E-state index in [-0.39, 0.29) is 21.7 Å². The number of aromatic carboxylic acids is 2. The molecule has 138 valence electrons. The van der Waals surface area contributed by atoms with Crippen LogP contribution < -0.4 is 10.5 Å². The highest BCUT2D eigenvalue weighted by Gasteiger charge is 2.19. The number of carbonyl (C=O) groups is 2. The molecular formula is C16H16N2O6S2. The van der Waals surface area contributed by atoms with Crippen molar-refractivity contribution in [3.8, 4) is 0 Å². The lowest BCUT2D eigenvalue weighted by atomic mass is 10.1. The Morgan fingerprint density at radius 1 is 1.08 bits per heavy atom. The maximum atomic E-state index is 12.6. The summed E-state index contributed by atoms with van der Waals surface area (Å²) in [4.78, 5) is 22.8. The molecule has 5 N–H and O–H groups in total. The van der Waals surface area contributed by atoms with E-state index in [1.165, 1.54) is 30.0 Å². The first-order chi connectivity index (χ1) is 12.1. The number of hydrogen-bond acceptors (Lipinski definition) is 6. The van der Waals surface area contributed by atoms with Crippen LogP contribution in [0.5, 0.6) is 0 Å². The summed E-state index contributed by atoms with van der Waals surface area (Å²) in [6.07, 6.45) is 0. The maximum Gasteiger partial charge on any atom is 0.335 e. The van der Waals surface area contributed by atoms with Crippen molar-refractivity contribution in [2.24, 2.45) is 0 Å². The molecular weight excluding hydrogens is 380 g/mol. The third-order valence-electron chi connectivity index (χ3n) is 3.27. The number of hydrogen-bond donors (Lipinski definition) is 4. The minimum Gasteiger partial charge on any atom is -0.478 e. The molecule has 0 bridgehead atoms. The van der Waals surface area contributed by atoms with Crippen molar-refractivity contribution >= 4 is 45.1 Å². The molecule has 2 aromatic carbocycles. The Bertz CT molecular complexity index is 940. The summed E-state index contributed by atoms with van der Waals surface area (Å²) in [6, 6.07) is 7.22. The molecule has 26 heavy (non-hydrogen) atoms. The SMILES string of the molecule is CCSc1cc(S(=O)(=O)Nc2cc(C(=O)O)cc(C(=O)O)c2)ccc1N. The van der Waals surface area contributed by atoms with E-state index in [1.54, 1.807) is 0 Å². The smallest absolute Gasteiger partial charge is 0.335 e. The van der Waals surface area contributed by atoms with Crippen LogP contribution in [0.25, 0.3) is 0 Å². The Balaban J connectivity index is 2.45. The predicted octanol–water partition coefficient (Wildman–Crippen LogP) is 2.58. The van der Waals surface area contributed by atoms with Gasteiger partial charge in [0.1, 0.15) is 0 Å². The van der Waals surface area contributed by atoms with Gasteiger partial charge in [-0.3, -0.25) is 4.72 Å². The van der Waals surface area contributed by atoms with Gasteiger partial charge in [-0.1, -0.05) is 6.92 Å². The number of benzene rings is 2. The van der Waals surface area contributed by atoms with Crippen molar-refractivity contribution in [2.75, 3.05) is 16.2 Å². The highest BCUT2D eigenvalue weighted by molar-refractivity contribution is 7.99. The van der Waals surface area contributed by atoms with Crippen LogP contribution in [0.2, 0.25) is 0 Å². The van der Waals surface area contributed by atoms with Crippen molar-refractivity contribution in [1.82, 2.24) is 0 Å². The van der Waals surface area contributed by atoms with Crippen LogP contribution in [0.15, 0.2) is 46.2 Å². The average molecular weight is 396 g/mol. The van der Waals surface area contributed by atoms with Gasteiger partial charge in [0, 0.05) is 10.6 Å². The van der Waals surface area contributed by atoms with Gasteiger partial charge in [-0.25, -0.2) is 18.0 Å². The number of nitrogens with two attached hydrogens (primary N) is 1. The molecule has 0 fully saturated rings. The van der Waals surface area contributed by atoms with Crippen LogP contribution in [0.3, 0.4) is 0 Å². The van der Waals surface area contributed by atoms with E-state index in [4.69, 9.17) is 15.9 Å². The van der Waals surface area contributed by atoms with Gasteiger partial charge < -0.3 is 15.9 Å². The van der Waals surface area contributed by atoms with Crippen molar-refractivity contribution in [1.29, 1.82) is 0 Å². The molecule has 0 aliphatic carbocycles. The standard InChI is InChI=1S/C16H16N2O6S2/c1-2-25-14-8-12(3-4-13(14)17)26(23,24)18-11-6-9(15(19)20)5-10(7-11)16(21)22/h3-8,18H,2,17H2,1H3,(H,19,20)(H,21,22). The number of nitrogens with one attached hydrogen (secondary N) is 1. The number of sulfonamides is 1. The zero-order chi connectivity index (χ0) is 19.5. The van der Waals surface area contributed by atoms with Crippen molar-refractivity contribution in [3.63, 3.8) is 0 Å². The van der Waals surface area contributed by atoms with Gasteiger partial charge in [-0.05, 0) is 42.2 Å². The van der Waals surface area contributed by atoms with Crippen LogP contribution in [0, 0.1) is 0 Å². The summed E-state index contributed by atoms with van der Waals surface area (Å²) in [6.45, 7) is 1.90. The normalized spacial score (nSPS) is 11.1. The fraction of sp³-hybridized carbons (Fsp3) is 0.125. The molecule has 2 aromatic rings. The summed E-state index contributed by atoms with van der Waals surface area (Å²) in [5.41, 5.74) is 5.40. The lowest BCUT2D eigenvalue weighted by Gasteiger charge is -2.12. The zero-order valence-electron chi connectivity index (χ0n) is 13.6. The average Bonchev–Trinajstić information content (AvgIpc) is 2.56. The molecule has 0 unspecified atom stereocenters. The van der Waals surface area contributed by atoms with Crippen molar-refractivity contribution < 1.29 is 28.2 Å². The van der Waals surface area contributed by atoms with Gasteiger partial charge in [-0.15, -0.1) is 11.8 Å². The monoisotopic (exact) mass is 396 g/mol. The Hall–Kier alpha value is -2.72. The molecule has 0 saturated carbocycles. The second-order valence-electron chi connectivity index (χ2n) is 5.15. The Morgan fingerprint density at radius 2 is 1.65 bits per heavy atom. The molecule has 0 saturated heterocycles. The fourth-order valence-corrected chi connectivity index (χ4v) is 4.01. The number of anilines is 2. The molecule has 0 aromatic heterocycles. The first kappa shape index (κ1) is 19.6. The first-order valence-corrected chi connectivity index (χ1v) is 9.77. The molecule has 0 heterocycles. The molecule has 0 aliphatic heterocycles. The van der Waals surface area contributed by atoms with Crippen molar-refractivity contribution in [2.45, 2.75) is 16.7 Å². The summed E-state index contributed by atoms with van der Waals surface area (Å²) >= 11 is 1.38. The van der Waals surface area contributed by atoms with Crippen LogP contribution in [-0.2, 0) is 10.0 Å². The van der Waals surface area contributed by atoms with E-state index in [0.29, 0.717) is 16.3 Å². The van der Waals surface area contributed by atoms with E-state index in [0.717, 1.165) is 18.2 Å². The van der Waals surface area contributed by atoms with Gasteiger partial charge in [0.05, 0.1) is 21.7 Å². The highest BCUT2D eigenvalue weighted by atomic mass is 32.2. The second-order valence-corrected chi connectivity index (χ2v) is 8.14. The topological polar surface area (TPSA) is 147 Å². The van der Waals surface area contributed by atoms with Gasteiger partial charge in [0.2, 0.25) is 0 Å². The number of carboxylic acid groups (broad SMARTS) is 2. The van der Waals surface area contributed by atoms with Crippen molar-refractivity contribution in [3.05, 3.63) is 47.5 Å². The van der Waals surface area contributed by atoms with Gasteiger partial charge in [0.25, 0.3) is 10.0 Å². The second kappa shape index (κ2) is 7.67. The Labute approximate surface area is 154 Å². The van der Waals surface area contributed by atoms with Crippen LogP contribution in [-0.4, -0.2) is 36.3 Å². The molecule has 0 atom stereocenters. The Kier molecular flexibility index (Phi) is 5.78. The predicted molar refractivity (Wildman–Crippen MR) is 98.4 cm³/mol. The molecule has 0 radical (unpaired) electrons. The first-order valence-electron chi connectivity index (χ1n) is 7.31. The summed E-state index contributed by atoms with van der Waals surface area (Å²) in [5, 5.41) is 18.1. The lowest BCUT2D eigenvalue weighted by molar-refractivity contribution is 0.0696. The van der Waals surface area contributed by atoms with Gasteiger partial charge in [0.15, 0.2) is 0 Å². The maximum absolute atomic E-state index is 12.6. The molecule has 0 aliphatic rings. The van der Waals surface area contributed by atoms with Gasteiger partial charge >= 0.3 is 11.9 Å². The minimum absolute atomic E-state index is 0.0692. The third-order valence-corrected chi connectivity index (χ3v) is 5.61. The number of carboxylic acids is 2. The molecule has 0 amide bonds. The Morgan fingerprint density at radius 3 is 2.15 bits per heavy atom. The summed E-state index contributed by atoms with van der Waals surface area (Å²) < 4.78 is 27.4. The lowest BCUT2D eigenvalue weighted by Crippen LogP contribution is -2.14. The molecule has 0 spiro atoms. The summed E-state index contributed by atoms with van der Waals surface area (Å²) in [7, 11) is -4.06. The largest absolute Gasteiger partial charge is 0.478 e. The third kappa shape index (κ3) is 4.46. The van der Waals surface area contributed by atoms with E-state index in [9.17, 15) is 18.0 Å². The molecule has 2 rings (SSSR count). The highest BCUT2D eigenvalue weighted by Crippen LogP contribution is 2.28. The number of thioether (sulfide) groups is 1. The van der Waals surface area contributed by atoms with Gasteiger partial charge in [-0.2, -0.15) is 0 Å². The quantitative estimate of drug-likeness (QED) is 0.412. The van der Waals surface area contributed by atoms with E-state index >= 15 is 0 Å². The minimum atomic E-state index is -4.06. The summed E-state index contributed by atoms with van der Waals surface area (Å²) in [5.74, 6) is -2.05. The fourth-order valence-electron chi connectivity index (χ4n) is 2.11. The molecule has 10 heteroatoms. The zero-order valence-corrected chi connectivity index (χ0v) is 15.2. The van der Waals surface area contributed by atoms with Crippen LogP contribution in [0.1, 0.15) is 27.6 Å². The number of rotatable bonds is 7. The van der Waals surface area contributed by atoms with E-state index < -0.39 is 22.0 Å².